The Morgan fingerprint density at radius 1 is 1.19 bits per heavy atom. The van der Waals surface area contributed by atoms with Crippen LogP contribution in [0.5, 0.6) is 0 Å². The molecule has 21 heavy (non-hydrogen) atoms. The van der Waals surface area contributed by atoms with Gasteiger partial charge in [0.1, 0.15) is 0 Å². The Labute approximate surface area is 128 Å². The van der Waals surface area contributed by atoms with Crippen molar-refractivity contribution >= 4 is 0 Å². The second-order valence-electron chi connectivity index (χ2n) is 6.80. The standard InChI is InChI=1S/C17H29N3O/c1-2-19-10-7-17(8-11-19)5-3-16(4-6-17)21-14-13-20-12-9-18-15-20/h9,12,15-16H,2-8,10-11,13-14H2,1H3. The zero-order valence-corrected chi connectivity index (χ0v) is 13.3. The molecule has 0 radical (unpaired) electrons. The zero-order valence-electron chi connectivity index (χ0n) is 13.3. The van der Waals surface area contributed by atoms with E-state index < -0.39 is 0 Å². The predicted molar refractivity (Wildman–Crippen MR) is 84.2 cm³/mol. The van der Waals surface area contributed by atoms with Gasteiger partial charge in [0.15, 0.2) is 0 Å². The van der Waals surface area contributed by atoms with E-state index >= 15 is 0 Å². The van der Waals surface area contributed by atoms with E-state index in [9.17, 15) is 0 Å². The van der Waals surface area contributed by atoms with Crippen LogP contribution in [0.4, 0.5) is 0 Å². The molecule has 0 atom stereocenters. The molecule has 1 saturated carbocycles. The first-order valence-electron chi connectivity index (χ1n) is 8.59. The largest absolute Gasteiger partial charge is 0.376 e. The molecular formula is C17H29N3O. The van der Waals surface area contributed by atoms with Crippen molar-refractivity contribution in [2.45, 2.75) is 58.1 Å². The normalized spacial score (nSPS) is 23.7. The average molecular weight is 291 g/mol. The molecule has 1 aliphatic heterocycles. The van der Waals surface area contributed by atoms with Crippen molar-refractivity contribution in [2.24, 2.45) is 5.41 Å². The van der Waals surface area contributed by atoms with Gasteiger partial charge in [-0.05, 0) is 63.6 Å². The van der Waals surface area contributed by atoms with Crippen molar-refractivity contribution < 1.29 is 4.74 Å². The molecule has 1 aromatic rings. The van der Waals surface area contributed by atoms with Crippen LogP contribution in [-0.4, -0.2) is 46.8 Å². The molecule has 3 rings (SSSR count). The third-order valence-electron chi connectivity index (χ3n) is 5.62. The van der Waals surface area contributed by atoms with Gasteiger partial charge in [-0.15, -0.1) is 0 Å². The molecule has 1 aromatic heterocycles. The van der Waals surface area contributed by atoms with Gasteiger partial charge >= 0.3 is 0 Å². The Bertz CT molecular complexity index is 400. The van der Waals surface area contributed by atoms with Crippen molar-refractivity contribution in [2.75, 3.05) is 26.2 Å². The molecule has 2 fully saturated rings. The minimum absolute atomic E-state index is 0.489. The molecule has 118 valence electrons. The molecule has 0 unspecified atom stereocenters. The highest BCUT2D eigenvalue weighted by molar-refractivity contribution is 4.90. The van der Waals surface area contributed by atoms with Crippen LogP contribution < -0.4 is 0 Å². The van der Waals surface area contributed by atoms with E-state index in [0.29, 0.717) is 11.5 Å². The minimum atomic E-state index is 0.489. The Kier molecular flexibility index (Phi) is 4.96. The fourth-order valence-corrected chi connectivity index (χ4v) is 3.96. The molecule has 2 heterocycles. The monoisotopic (exact) mass is 291 g/mol. The first-order chi connectivity index (χ1) is 10.3. The van der Waals surface area contributed by atoms with Crippen LogP contribution in [0.3, 0.4) is 0 Å². The maximum Gasteiger partial charge on any atom is 0.0946 e. The third kappa shape index (κ3) is 3.86. The highest BCUT2D eigenvalue weighted by Gasteiger charge is 2.37. The quantitative estimate of drug-likeness (QED) is 0.835. The van der Waals surface area contributed by atoms with Crippen LogP contribution in [0.15, 0.2) is 18.7 Å². The van der Waals surface area contributed by atoms with Crippen molar-refractivity contribution in [1.82, 2.24) is 14.5 Å². The summed E-state index contributed by atoms with van der Waals surface area (Å²) in [4.78, 5) is 6.66. The fraction of sp³-hybridized carbons (Fsp3) is 0.824. The van der Waals surface area contributed by atoms with Crippen molar-refractivity contribution in [3.8, 4) is 0 Å². The number of nitrogens with zero attached hydrogens (tertiary/aromatic N) is 3. The average Bonchev–Trinajstić information content (AvgIpc) is 3.04. The van der Waals surface area contributed by atoms with E-state index in [1.807, 2.05) is 18.7 Å². The van der Waals surface area contributed by atoms with Gasteiger partial charge in [-0.25, -0.2) is 4.98 Å². The van der Waals surface area contributed by atoms with Crippen molar-refractivity contribution in [1.29, 1.82) is 0 Å². The summed E-state index contributed by atoms with van der Waals surface area (Å²) >= 11 is 0. The van der Waals surface area contributed by atoms with Gasteiger partial charge < -0.3 is 14.2 Å². The Morgan fingerprint density at radius 2 is 1.95 bits per heavy atom. The summed E-state index contributed by atoms with van der Waals surface area (Å²) in [6, 6.07) is 0. The van der Waals surface area contributed by atoms with Gasteiger partial charge in [-0.1, -0.05) is 6.92 Å². The van der Waals surface area contributed by atoms with Crippen LogP contribution >= 0.6 is 0 Å². The van der Waals surface area contributed by atoms with E-state index in [4.69, 9.17) is 4.74 Å². The van der Waals surface area contributed by atoms with E-state index in [1.54, 1.807) is 0 Å². The lowest BCUT2D eigenvalue weighted by molar-refractivity contribution is -0.0250. The molecule has 0 aromatic carbocycles. The maximum atomic E-state index is 6.07. The summed E-state index contributed by atoms with van der Waals surface area (Å²) in [5.74, 6) is 0. The van der Waals surface area contributed by atoms with Gasteiger partial charge in [0.25, 0.3) is 0 Å². The van der Waals surface area contributed by atoms with Crippen LogP contribution in [-0.2, 0) is 11.3 Å². The summed E-state index contributed by atoms with van der Waals surface area (Å²) in [6.45, 7) is 7.86. The number of imidazole rings is 1. The van der Waals surface area contributed by atoms with E-state index in [-0.39, 0.29) is 0 Å². The van der Waals surface area contributed by atoms with E-state index in [1.165, 1.54) is 58.2 Å². The van der Waals surface area contributed by atoms with Gasteiger partial charge in [-0.2, -0.15) is 0 Å². The number of likely N-dealkylation sites (tertiary alicyclic amines) is 1. The molecule has 1 spiro atoms. The summed E-state index contributed by atoms with van der Waals surface area (Å²) in [5.41, 5.74) is 0.649. The lowest BCUT2D eigenvalue weighted by atomic mass is 9.67. The van der Waals surface area contributed by atoms with Crippen molar-refractivity contribution in [3.05, 3.63) is 18.7 Å². The van der Waals surface area contributed by atoms with Crippen LogP contribution in [0.25, 0.3) is 0 Å². The second kappa shape index (κ2) is 6.93. The van der Waals surface area contributed by atoms with Crippen molar-refractivity contribution in [3.63, 3.8) is 0 Å². The Balaban J connectivity index is 1.37. The van der Waals surface area contributed by atoms with Gasteiger partial charge in [0.2, 0.25) is 0 Å². The fourth-order valence-electron chi connectivity index (χ4n) is 3.96. The third-order valence-corrected chi connectivity index (χ3v) is 5.62. The molecule has 1 saturated heterocycles. The molecule has 0 bridgehead atoms. The highest BCUT2D eigenvalue weighted by Crippen LogP contribution is 2.45. The number of rotatable bonds is 5. The van der Waals surface area contributed by atoms with Gasteiger partial charge in [-0.3, -0.25) is 0 Å². The summed E-state index contributed by atoms with van der Waals surface area (Å²) in [6.07, 6.45) is 14.3. The molecule has 4 nitrogen and oxygen atoms in total. The SMILES string of the molecule is CCN1CCC2(CCC(OCCn3ccnc3)CC2)CC1. The Hall–Kier alpha value is -0.870. The molecular weight excluding hydrogens is 262 g/mol. The van der Waals surface area contributed by atoms with E-state index in [2.05, 4.69) is 21.4 Å². The number of hydrogen-bond acceptors (Lipinski definition) is 3. The molecule has 4 heteroatoms. The molecule has 0 amide bonds. The summed E-state index contributed by atoms with van der Waals surface area (Å²) in [7, 11) is 0. The number of aromatic nitrogens is 2. The van der Waals surface area contributed by atoms with Crippen LogP contribution in [0.2, 0.25) is 0 Å². The minimum Gasteiger partial charge on any atom is -0.376 e. The second-order valence-corrected chi connectivity index (χ2v) is 6.80. The summed E-state index contributed by atoms with van der Waals surface area (Å²) < 4.78 is 8.16. The zero-order chi connectivity index (χ0) is 14.5. The first kappa shape index (κ1) is 15.0. The highest BCUT2D eigenvalue weighted by atomic mass is 16.5. The predicted octanol–water partition coefficient (Wildman–Crippen LogP) is 2.94. The number of hydrogen-bond donors (Lipinski definition) is 0. The lowest BCUT2D eigenvalue weighted by Gasteiger charge is -2.45. The number of piperidine rings is 1. The lowest BCUT2D eigenvalue weighted by Crippen LogP contribution is -2.42. The topological polar surface area (TPSA) is 30.3 Å². The molecule has 0 N–H and O–H groups in total. The smallest absolute Gasteiger partial charge is 0.0946 e. The van der Waals surface area contributed by atoms with E-state index in [0.717, 1.165) is 13.2 Å². The van der Waals surface area contributed by atoms with Gasteiger partial charge in [0.05, 0.1) is 19.0 Å². The number of ether oxygens (including phenoxy) is 1. The Morgan fingerprint density at radius 3 is 2.57 bits per heavy atom. The molecule has 1 aliphatic carbocycles. The van der Waals surface area contributed by atoms with Gasteiger partial charge in [0, 0.05) is 18.9 Å². The first-order valence-corrected chi connectivity index (χ1v) is 8.59. The van der Waals surface area contributed by atoms with Crippen LogP contribution in [0, 0.1) is 5.41 Å². The van der Waals surface area contributed by atoms with Crippen LogP contribution in [0.1, 0.15) is 45.4 Å². The molecule has 2 aliphatic rings. The maximum absolute atomic E-state index is 6.07. The summed E-state index contributed by atoms with van der Waals surface area (Å²) in [5, 5.41) is 0.